The summed E-state index contributed by atoms with van der Waals surface area (Å²) in [5.41, 5.74) is 5.35. The summed E-state index contributed by atoms with van der Waals surface area (Å²) in [6, 6.07) is 24.5. The number of hydrogen-bond acceptors (Lipinski definition) is 4. The maximum absolute atomic E-state index is 13.2. The number of benzene rings is 3. The third kappa shape index (κ3) is 4.32. The highest BCUT2D eigenvalue weighted by Gasteiger charge is 2.35. The molecule has 5 rings (SSSR count). The molecule has 170 valence electrons. The van der Waals surface area contributed by atoms with E-state index in [9.17, 15) is 4.79 Å². The number of carbonyl (C=O) groups excluding carboxylic acids is 1. The number of amides is 2. The average Bonchev–Trinajstić information content (AvgIpc) is 3.32. The first-order valence-corrected chi connectivity index (χ1v) is 11.4. The SMILES string of the molecule is CC1=C(c2nc(-c3ccc(C)cc3)no2)C(c2cccc(Cl)c2)NC(=O)N1Cc1ccccc1. The minimum absolute atomic E-state index is 0.201. The second kappa shape index (κ2) is 9.15. The van der Waals surface area contributed by atoms with E-state index in [0.717, 1.165) is 33.5 Å². The third-order valence-electron chi connectivity index (χ3n) is 5.93. The van der Waals surface area contributed by atoms with E-state index in [1.807, 2.05) is 86.6 Å². The van der Waals surface area contributed by atoms with Crippen LogP contribution in [-0.2, 0) is 6.54 Å². The van der Waals surface area contributed by atoms with Crippen LogP contribution in [0.4, 0.5) is 4.79 Å². The summed E-state index contributed by atoms with van der Waals surface area (Å²) in [5, 5.41) is 7.91. The number of nitrogens with one attached hydrogen (secondary N) is 1. The van der Waals surface area contributed by atoms with Crippen molar-refractivity contribution in [1.29, 1.82) is 0 Å². The van der Waals surface area contributed by atoms with Gasteiger partial charge in [0.1, 0.15) is 0 Å². The Kier molecular flexibility index (Phi) is 5.90. The van der Waals surface area contributed by atoms with Crippen molar-refractivity contribution in [2.24, 2.45) is 0 Å². The van der Waals surface area contributed by atoms with Crippen LogP contribution >= 0.6 is 11.6 Å². The van der Waals surface area contributed by atoms with Gasteiger partial charge >= 0.3 is 6.03 Å². The van der Waals surface area contributed by atoms with Gasteiger partial charge < -0.3 is 9.84 Å². The predicted molar refractivity (Wildman–Crippen MR) is 132 cm³/mol. The summed E-state index contributed by atoms with van der Waals surface area (Å²) >= 11 is 6.27. The zero-order chi connectivity index (χ0) is 23.7. The third-order valence-corrected chi connectivity index (χ3v) is 6.16. The first-order valence-electron chi connectivity index (χ1n) is 11.0. The lowest BCUT2D eigenvalue weighted by molar-refractivity contribution is 0.203. The first kappa shape index (κ1) is 21.9. The molecule has 4 aromatic rings. The van der Waals surface area contributed by atoms with Gasteiger partial charge in [0.2, 0.25) is 5.82 Å². The molecule has 0 spiro atoms. The molecule has 2 heterocycles. The van der Waals surface area contributed by atoms with E-state index in [1.54, 1.807) is 11.0 Å². The van der Waals surface area contributed by atoms with Crippen LogP contribution in [0.1, 0.15) is 35.5 Å². The van der Waals surface area contributed by atoms with E-state index in [2.05, 4.69) is 10.5 Å². The minimum atomic E-state index is -0.482. The number of halogens is 1. The fourth-order valence-corrected chi connectivity index (χ4v) is 4.30. The van der Waals surface area contributed by atoms with Crippen molar-refractivity contribution in [3.05, 3.63) is 112 Å². The minimum Gasteiger partial charge on any atom is -0.334 e. The average molecular weight is 471 g/mol. The van der Waals surface area contributed by atoms with Crippen LogP contribution in [0.15, 0.2) is 89.1 Å². The zero-order valence-corrected chi connectivity index (χ0v) is 19.6. The number of nitrogens with zero attached hydrogens (tertiary/aromatic N) is 3. The molecule has 34 heavy (non-hydrogen) atoms. The lowest BCUT2D eigenvalue weighted by Crippen LogP contribution is -2.45. The number of urea groups is 1. The molecule has 0 saturated heterocycles. The number of hydrogen-bond donors (Lipinski definition) is 1. The van der Waals surface area contributed by atoms with E-state index in [-0.39, 0.29) is 6.03 Å². The van der Waals surface area contributed by atoms with Crippen LogP contribution in [0.2, 0.25) is 5.02 Å². The van der Waals surface area contributed by atoms with Crippen LogP contribution in [0.25, 0.3) is 17.0 Å². The fraction of sp³-hybridized carbons (Fsp3) is 0.148. The van der Waals surface area contributed by atoms with Gasteiger partial charge in [-0.2, -0.15) is 4.98 Å². The molecule has 0 fully saturated rings. The second-order valence-corrected chi connectivity index (χ2v) is 8.73. The molecule has 1 unspecified atom stereocenters. The smallest absolute Gasteiger partial charge is 0.322 e. The Labute approximate surface area is 202 Å². The van der Waals surface area contributed by atoms with Gasteiger partial charge in [-0.3, -0.25) is 4.90 Å². The molecule has 0 saturated carbocycles. The maximum atomic E-state index is 13.2. The van der Waals surface area contributed by atoms with Gasteiger partial charge in [-0.05, 0) is 37.1 Å². The number of aromatic nitrogens is 2. The molecular formula is C27H23ClN4O2. The van der Waals surface area contributed by atoms with Crippen LogP contribution in [0, 0.1) is 6.92 Å². The van der Waals surface area contributed by atoms with E-state index in [1.165, 1.54) is 0 Å². The molecule has 1 N–H and O–H groups in total. The van der Waals surface area contributed by atoms with Gasteiger partial charge in [-0.25, -0.2) is 4.79 Å². The quantitative estimate of drug-likeness (QED) is 0.366. The van der Waals surface area contributed by atoms with Gasteiger partial charge in [-0.1, -0.05) is 89.1 Å². The highest BCUT2D eigenvalue weighted by Crippen LogP contribution is 2.38. The molecule has 6 nitrogen and oxygen atoms in total. The van der Waals surface area contributed by atoms with Crippen LogP contribution in [0.5, 0.6) is 0 Å². The molecule has 0 aliphatic carbocycles. The second-order valence-electron chi connectivity index (χ2n) is 8.30. The van der Waals surface area contributed by atoms with E-state index < -0.39 is 6.04 Å². The molecular weight excluding hydrogens is 448 g/mol. The van der Waals surface area contributed by atoms with Crippen molar-refractivity contribution >= 4 is 23.2 Å². The van der Waals surface area contributed by atoms with Crippen LogP contribution in [0.3, 0.4) is 0 Å². The number of aryl methyl sites for hydroxylation is 1. The van der Waals surface area contributed by atoms with E-state index in [0.29, 0.717) is 23.3 Å². The molecule has 2 amide bonds. The Morgan fingerprint density at radius 1 is 1.00 bits per heavy atom. The first-order chi connectivity index (χ1) is 16.5. The van der Waals surface area contributed by atoms with Gasteiger partial charge in [0.15, 0.2) is 0 Å². The van der Waals surface area contributed by atoms with Crippen LogP contribution < -0.4 is 5.32 Å². The Hall–Kier alpha value is -3.90. The standard InChI is InChI=1S/C27H23ClN4O2/c1-17-11-13-20(14-12-17)25-30-26(34-31-25)23-18(2)32(16-19-7-4-3-5-8-19)27(33)29-24(23)21-9-6-10-22(28)15-21/h3-15,24H,16H2,1-2H3,(H,29,33). The van der Waals surface area contributed by atoms with Crippen molar-refractivity contribution in [2.45, 2.75) is 26.4 Å². The predicted octanol–water partition coefficient (Wildman–Crippen LogP) is 6.40. The Morgan fingerprint density at radius 3 is 2.50 bits per heavy atom. The Morgan fingerprint density at radius 2 is 1.76 bits per heavy atom. The van der Waals surface area contributed by atoms with Crippen molar-refractivity contribution in [3.63, 3.8) is 0 Å². The summed E-state index contributed by atoms with van der Waals surface area (Å²) in [6.45, 7) is 4.36. The molecule has 1 aliphatic heterocycles. The highest BCUT2D eigenvalue weighted by molar-refractivity contribution is 6.30. The summed E-state index contributed by atoms with van der Waals surface area (Å²) in [6.07, 6.45) is 0. The molecule has 1 atom stereocenters. The number of carbonyl (C=O) groups is 1. The molecule has 3 aromatic carbocycles. The maximum Gasteiger partial charge on any atom is 0.322 e. The number of rotatable bonds is 5. The Bertz CT molecular complexity index is 1360. The molecule has 7 heteroatoms. The lowest BCUT2D eigenvalue weighted by atomic mass is 9.94. The van der Waals surface area contributed by atoms with Gasteiger partial charge in [0.05, 0.1) is 18.2 Å². The van der Waals surface area contributed by atoms with E-state index >= 15 is 0 Å². The zero-order valence-electron chi connectivity index (χ0n) is 18.8. The van der Waals surface area contributed by atoms with Crippen LogP contribution in [-0.4, -0.2) is 21.1 Å². The molecule has 0 bridgehead atoms. The van der Waals surface area contributed by atoms with Crippen molar-refractivity contribution in [1.82, 2.24) is 20.4 Å². The summed E-state index contributed by atoms with van der Waals surface area (Å²) in [4.78, 5) is 19.6. The summed E-state index contributed by atoms with van der Waals surface area (Å²) < 4.78 is 5.75. The normalized spacial score (nSPS) is 16.0. The monoisotopic (exact) mass is 470 g/mol. The van der Waals surface area contributed by atoms with Gasteiger partial charge in [0, 0.05) is 16.3 Å². The highest BCUT2D eigenvalue weighted by atomic mass is 35.5. The lowest BCUT2D eigenvalue weighted by Gasteiger charge is -2.35. The van der Waals surface area contributed by atoms with Crippen molar-refractivity contribution < 1.29 is 9.32 Å². The fourth-order valence-electron chi connectivity index (χ4n) is 4.10. The number of allylic oxidation sites excluding steroid dienone is 1. The molecule has 0 radical (unpaired) electrons. The topological polar surface area (TPSA) is 71.3 Å². The van der Waals surface area contributed by atoms with Crippen molar-refractivity contribution in [2.75, 3.05) is 0 Å². The molecule has 1 aliphatic rings. The summed E-state index contributed by atoms with van der Waals surface area (Å²) in [7, 11) is 0. The van der Waals surface area contributed by atoms with Gasteiger partial charge in [0.25, 0.3) is 5.89 Å². The largest absolute Gasteiger partial charge is 0.334 e. The van der Waals surface area contributed by atoms with E-state index in [4.69, 9.17) is 21.1 Å². The van der Waals surface area contributed by atoms with Crippen molar-refractivity contribution in [3.8, 4) is 11.4 Å². The molecule has 1 aromatic heterocycles. The summed E-state index contributed by atoms with van der Waals surface area (Å²) in [5.74, 6) is 0.850. The van der Waals surface area contributed by atoms with Gasteiger partial charge in [-0.15, -0.1) is 0 Å². The Balaban J connectivity index is 1.60.